The first-order chi connectivity index (χ1) is 11.5. The van der Waals surface area contributed by atoms with Crippen LogP contribution in [-0.4, -0.2) is 43.3 Å². The summed E-state index contributed by atoms with van der Waals surface area (Å²) in [6, 6.07) is 15.3. The van der Waals surface area contributed by atoms with Crippen LogP contribution in [0.15, 0.2) is 53.4 Å². The Balaban J connectivity index is 1.44. The Morgan fingerprint density at radius 3 is 2.50 bits per heavy atom. The molecule has 0 unspecified atom stereocenters. The molecule has 0 aliphatic carbocycles. The minimum atomic E-state index is -3.43. The number of hydrogen-bond donors (Lipinski definition) is 0. The predicted octanol–water partition coefficient (Wildman–Crippen LogP) is 2.77. The van der Waals surface area contributed by atoms with Crippen LogP contribution in [0.3, 0.4) is 0 Å². The lowest BCUT2D eigenvalue weighted by atomic mass is 9.97. The summed E-state index contributed by atoms with van der Waals surface area (Å²) < 4.78 is 26.8. The van der Waals surface area contributed by atoms with Gasteiger partial charge in [-0.3, -0.25) is 4.90 Å². The summed E-state index contributed by atoms with van der Waals surface area (Å²) in [5.41, 5.74) is 2.77. The summed E-state index contributed by atoms with van der Waals surface area (Å²) in [6.07, 6.45) is 1.04. The van der Waals surface area contributed by atoms with Crippen molar-refractivity contribution < 1.29 is 8.42 Å². The van der Waals surface area contributed by atoms with E-state index in [1.807, 2.05) is 0 Å². The maximum Gasteiger partial charge on any atom is 0.243 e. The molecule has 0 N–H and O–H groups in total. The smallest absolute Gasteiger partial charge is 0.243 e. The highest BCUT2D eigenvalue weighted by atomic mass is 35.5. The van der Waals surface area contributed by atoms with Gasteiger partial charge in [-0.15, -0.1) is 0 Å². The second-order valence-corrected chi connectivity index (χ2v) is 8.80. The molecule has 126 valence electrons. The van der Waals surface area contributed by atoms with E-state index in [1.165, 1.54) is 17.2 Å². The van der Waals surface area contributed by atoms with Gasteiger partial charge in [-0.1, -0.05) is 41.9 Å². The molecule has 2 aromatic rings. The number of sulfonamides is 1. The number of hydrogen-bond acceptors (Lipinski definition) is 3. The second-order valence-electron chi connectivity index (χ2n) is 6.42. The summed E-state index contributed by atoms with van der Waals surface area (Å²) in [6.45, 7) is 3.01. The number of halogens is 1. The van der Waals surface area contributed by atoms with Gasteiger partial charge in [0.05, 0.1) is 4.90 Å². The molecule has 0 amide bonds. The zero-order valence-electron chi connectivity index (χ0n) is 13.2. The van der Waals surface area contributed by atoms with Gasteiger partial charge in [0, 0.05) is 37.2 Å². The van der Waals surface area contributed by atoms with Crippen LogP contribution in [0, 0.1) is 0 Å². The number of nitrogens with zero attached hydrogens (tertiary/aromatic N) is 2. The molecular weight excluding hydrogens is 344 g/mol. The second kappa shape index (κ2) is 6.15. The normalized spacial score (nSPS) is 19.7. The third kappa shape index (κ3) is 2.86. The van der Waals surface area contributed by atoms with Gasteiger partial charge in [0.15, 0.2) is 0 Å². The first kappa shape index (κ1) is 16.1. The molecule has 1 saturated heterocycles. The third-order valence-electron chi connectivity index (χ3n) is 4.94. The highest BCUT2D eigenvalue weighted by Gasteiger charge is 2.40. The molecule has 2 aliphatic rings. The van der Waals surface area contributed by atoms with Gasteiger partial charge in [-0.25, -0.2) is 8.42 Å². The van der Waals surface area contributed by atoms with E-state index in [0.717, 1.165) is 19.5 Å². The molecule has 2 heterocycles. The molecular formula is C18H19ClN2O2S. The van der Waals surface area contributed by atoms with Crippen molar-refractivity contribution in [1.29, 1.82) is 0 Å². The molecule has 0 atom stereocenters. The average molecular weight is 363 g/mol. The van der Waals surface area contributed by atoms with Crippen LogP contribution >= 0.6 is 11.6 Å². The predicted molar refractivity (Wildman–Crippen MR) is 94.6 cm³/mol. The molecule has 6 heteroatoms. The number of rotatable bonds is 3. The zero-order chi connectivity index (χ0) is 16.7. The van der Waals surface area contributed by atoms with Crippen molar-refractivity contribution in [2.75, 3.05) is 19.6 Å². The first-order valence-electron chi connectivity index (χ1n) is 8.10. The van der Waals surface area contributed by atoms with Gasteiger partial charge in [-0.05, 0) is 35.7 Å². The first-order valence-corrected chi connectivity index (χ1v) is 9.92. The van der Waals surface area contributed by atoms with Crippen molar-refractivity contribution in [3.8, 4) is 0 Å². The molecule has 4 nitrogen and oxygen atoms in total. The maximum atomic E-state index is 12.6. The molecule has 1 fully saturated rings. The third-order valence-corrected chi connectivity index (χ3v) is 7.00. The lowest BCUT2D eigenvalue weighted by Gasteiger charge is -2.46. The number of fused-ring (bicyclic) bond motifs is 1. The van der Waals surface area contributed by atoms with Crippen LogP contribution in [0.2, 0.25) is 5.02 Å². The van der Waals surface area contributed by atoms with Crippen molar-refractivity contribution in [2.24, 2.45) is 0 Å². The van der Waals surface area contributed by atoms with Gasteiger partial charge in [0.25, 0.3) is 0 Å². The monoisotopic (exact) mass is 362 g/mol. The average Bonchev–Trinajstić information content (AvgIpc) is 2.53. The highest BCUT2D eigenvalue weighted by molar-refractivity contribution is 7.89. The Bertz CT molecular complexity index is 863. The van der Waals surface area contributed by atoms with E-state index in [2.05, 4.69) is 29.2 Å². The molecule has 0 bridgehead atoms. The SMILES string of the molecule is O=S(=O)(c1cccc(Cl)c1)N1CC(N2CCc3ccccc3C2)C1. The van der Waals surface area contributed by atoms with Crippen LogP contribution in [-0.2, 0) is 23.0 Å². The summed E-state index contributed by atoms with van der Waals surface area (Å²) in [4.78, 5) is 2.67. The fourth-order valence-corrected chi connectivity index (χ4v) is 5.27. The highest BCUT2D eigenvalue weighted by Crippen LogP contribution is 2.28. The summed E-state index contributed by atoms with van der Waals surface area (Å²) >= 11 is 5.92. The van der Waals surface area contributed by atoms with E-state index in [-0.39, 0.29) is 4.90 Å². The Kier molecular flexibility index (Phi) is 4.12. The van der Waals surface area contributed by atoms with E-state index < -0.39 is 10.0 Å². The van der Waals surface area contributed by atoms with Crippen LogP contribution in [0.25, 0.3) is 0 Å². The Morgan fingerprint density at radius 1 is 1.00 bits per heavy atom. The van der Waals surface area contributed by atoms with E-state index in [0.29, 0.717) is 24.2 Å². The number of benzene rings is 2. The van der Waals surface area contributed by atoms with Crippen molar-refractivity contribution in [2.45, 2.75) is 23.9 Å². The molecule has 0 saturated carbocycles. The quantitative estimate of drug-likeness (QED) is 0.843. The maximum absolute atomic E-state index is 12.6. The van der Waals surface area contributed by atoms with Crippen molar-refractivity contribution in [3.63, 3.8) is 0 Å². The van der Waals surface area contributed by atoms with Crippen molar-refractivity contribution >= 4 is 21.6 Å². The van der Waals surface area contributed by atoms with Crippen LogP contribution < -0.4 is 0 Å². The van der Waals surface area contributed by atoms with Crippen LogP contribution in [0.4, 0.5) is 0 Å². The minimum absolute atomic E-state index is 0.275. The van der Waals surface area contributed by atoms with Crippen molar-refractivity contribution in [1.82, 2.24) is 9.21 Å². The fraction of sp³-hybridized carbons (Fsp3) is 0.333. The largest absolute Gasteiger partial charge is 0.293 e. The lowest BCUT2D eigenvalue weighted by molar-refractivity contribution is 0.0769. The molecule has 2 aromatic carbocycles. The standard InChI is InChI=1S/C18H19ClN2O2S/c19-16-6-3-7-18(10-16)24(22,23)21-12-17(13-21)20-9-8-14-4-1-2-5-15(14)11-20/h1-7,10,17H,8-9,11-13H2. The van der Waals surface area contributed by atoms with Gasteiger partial charge in [-0.2, -0.15) is 4.31 Å². The summed E-state index contributed by atoms with van der Waals surface area (Å²) in [5.74, 6) is 0. The zero-order valence-corrected chi connectivity index (χ0v) is 14.8. The Hall–Kier alpha value is -1.40. The Morgan fingerprint density at radius 2 is 1.75 bits per heavy atom. The molecule has 0 spiro atoms. The van der Waals surface area contributed by atoms with E-state index in [4.69, 9.17) is 11.6 Å². The minimum Gasteiger partial charge on any atom is -0.293 e. The van der Waals surface area contributed by atoms with E-state index >= 15 is 0 Å². The molecule has 0 radical (unpaired) electrons. The van der Waals surface area contributed by atoms with Crippen LogP contribution in [0.1, 0.15) is 11.1 Å². The topological polar surface area (TPSA) is 40.6 Å². The van der Waals surface area contributed by atoms with Crippen LogP contribution in [0.5, 0.6) is 0 Å². The fourth-order valence-electron chi connectivity index (χ4n) is 3.45. The lowest BCUT2D eigenvalue weighted by Crippen LogP contribution is -2.61. The molecule has 4 rings (SSSR count). The Labute approximate surface area is 147 Å². The summed E-state index contributed by atoms with van der Waals surface area (Å²) in [7, 11) is -3.43. The van der Waals surface area contributed by atoms with Gasteiger partial charge < -0.3 is 0 Å². The molecule has 0 aromatic heterocycles. The molecule has 24 heavy (non-hydrogen) atoms. The summed E-state index contributed by atoms with van der Waals surface area (Å²) in [5, 5.41) is 0.445. The van der Waals surface area contributed by atoms with Gasteiger partial charge >= 0.3 is 0 Å². The van der Waals surface area contributed by atoms with E-state index in [1.54, 1.807) is 22.5 Å². The van der Waals surface area contributed by atoms with Gasteiger partial charge in [0.1, 0.15) is 0 Å². The van der Waals surface area contributed by atoms with E-state index in [9.17, 15) is 8.42 Å². The van der Waals surface area contributed by atoms with Crippen molar-refractivity contribution in [3.05, 3.63) is 64.7 Å². The van der Waals surface area contributed by atoms with Gasteiger partial charge in [0.2, 0.25) is 10.0 Å². The molecule has 2 aliphatic heterocycles.